The zero-order valence-electron chi connectivity index (χ0n) is 10.3. The van der Waals surface area contributed by atoms with Crippen LogP contribution in [0.15, 0.2) is 33.6 Å². The molecule has 0 aromatic heterocycles. The molecule has 0 radical (unpaired) electrons. The molecular weight excluding hydrogens is 316 g/mol. The van der Waals surface area contributed by atoms with Gasteiger partial charge in [-0.2, -0.15) is 0 Å². The maximum atomic E-state index is 12.0. The largest absolute Gasteiger partial charge is 0.302 e. The van der Waals surface area contributed by atoms with Gasteiger partial charge in [-0.3, -0.25) is 0 Å². The lowest BCUT2D eigenvalue weighted by Crippen LogP contribution is -2.33. The number of sulfonamides is 1. The van der Waals surface area contributed by atoms with E-state index >= 15 is 0 Å². The molecule has 1 aromatic rings. The highest BCUT2D eigenvalue weighted by Gasteiger charge is 2.25. The van der Waals surface area contributed by atoms with Crippen LogP contribution < -0.4 is 4.72 Å². The van der Waals surface area contributed by atoms with E-state index < -0.39 is 10.0 Å². The van der Waals surface area contributed by atoms with Gasteiger partial charge in [-0.05, 0) is 44.2 Å². The van der Waals surface area contributed by atoms with E-state index in [0.717, 1.165) is 11.0 Å². The van der Waals surface area contributed by atoms with Crippen molar-refractivity contribution < 1.29 is 8.42 Å². The molecule has 0 spiro atoms. The van der Waals surface area contributed by atoms with E-state index in [1.165, 1.54) is 12.8 Å². The van der Waals surface area contributed by atoms with Crippen molar-refractivity contribution in [3.8, 4) is 0 Å². The van der Waals surface area contributed by atoms with Crippen LogP contribution >= 0.6 is 15.9 Å². The molecule has 1 aliphatic rings. The minimum Gasteiger partial charge on any atom is -0.302 e. The third-order valence-corrected chi connectivity index (χ3v) is 5.06. The number of rotatable bonds is 6. The van der Waals surface area contributed by atoms with E-state index in [1.54, 1.807) is 24.3 Å². The van der Waals surface area contributed by atoms with Gasteiger partial charge in [0.1, 0.15) is 0 Å². The number of nitrogens with one attached hydrogen (secondary N) is 1. The molecule has 1 N–H and O–H groups in total. The van der Waals surface area contributed by atoms with Crippen LogP contribution in [0.5, 0.6) is 0 Å². The summed E-state index contributed by atoms with van der Waals surface area (Å²) < 4.78 is 27.4. The minimum atomic E-state index is -3.38. The Hall–Kier alpha value is -0.430. The molecular formula is C12H17BrN2O2S. The van der Waals surface area contributed by atoms with Crippen molar-refractivity contribution in [3.63, 3.8) is 0 Å². The third-order valence-electron chi connectivity index (χ3n) is 3.05. The third kappa shape index (κ3) is 3.78. The molecule has 0 atom stereocenters. The first-order valence-corrected chi connectivity index (χ1v) is 8.22. The Morgan fingerprint density at radius 3 is 2.50 bits per heavy atom. The van der Waals surface area contributed by atoms with Crippen molar-refractivity contribution in [2.45, 2.75) is 23.8 Å². The molecule has 1 saturated carbocycles. The maximum Gasteiger partial charge on any atom is 0.240 e. The lowest BCUT2D eigenvalue weighted by atomic mass is 10.4. The molecule has 18 heavy (non-hydrogen) atoms. The van der Waals surface area contributed by atoms with E-state index in [-0.39, 0.29) is 0 Å². The van der Waals surface area contributed by atoms with Crippen molar-refractivity contribution in [2.24, 2.45) is 0 Å². The van der Waals surface area contributed by atoms with Crippen molar-refractivity contribution >= 4 is 26.0 Å². The zero-order valence-corrected chi connectivity index (χ0v) is 12.7. The van der Waals surface area contributed by atoms with Gasteiger partial charge in [0.25, 0.3) is 0 Å². The van der Waals surface area contributed by atoms with Crippen LogP contribution in [-0.2, 0) is 10.0 Å². The lowest BCUT2D eigenvalue weighted by molar-refractivity contribution is 0.329. The van der Waals surface area contributed by atoms with Gasteiger partial charge < -0.3 is 4.90 Å². The summed E-state index contributed by atoms with van der Waals surface area (Å²) in [6.45, 7) is 1.20. The van der Waals surface area contributed by atoms with Crippen LogP contribution in [0.3, 0.4) is 0 Å². The fourth-order valence-corrected chi connectivity index (χ4v) is 3.04. The molecule has 0 unspecified atom stereocenters. The summed E-state index contributed by atoms with van der Waals surface area (Å²) >= 11 is 3.28. The summed E-state index contributed by atoms with van der Waals surface area (Å²) in [6.07, 6.45) is 2.46. The first-order valence-electron chi connectivity index (χ1n) is 5.94. The summed E-state index contributed by atoms with van der Waals surface area (Å²) in [5.74, 6) is 0. The molecule has 100 valence electrons. The summed E-state index contributed by atoms with van der Waals surface area (Å²) in [7, 11) is -1.34. The number of nitrogens with zero attached hydrogens (tertiary/aromatic N) is 1. The van der Waals surface area contributed by atoms with Crippen molar-refractivity contribution in [1.29, 1.82) is 0 Å². The average molecular weight is 333 g/mol. The fraction of sp³-hybridized carbons (Fsp3) is 0.500. The van der Waals surface area contributed by atoms with E-state index in [2.05, 4.69) is 25.6 Å². The second kappa shape index (κ2) is 5.69. The molecule has 1 fully saturated rings. The molecule has 0 saturated heterocycles. The first kappa shape index (κ1) is 14.0. The molecule has 4 nitrogen and oxygen atoms in total. The Morgan fingerprint density at radius 2 is 1.94 bits per heavy atom. The molecule has 1 aliphatic carbocycles. The molecule has 1 aromatic carbocycles. The van der Waals surface area contributed by atoms with Crippen LogP contribution in [0, 0.1) is 0 Å². The molecule has 0 aliphatic heterocycles. The van der Waals surface area contributed by atoms with E-state index in [4.69, 9.17) is 0 Å². The Kier molecular flexibility index (Phi) is 4.42. The molecule has 0 amide bonds. The number of likely N-dealkylation sites (N-methyl/N-ethyl adjacent to an activating group) is 1. The molecule has 0 heterocycles. The predicted octanol–water partition coefficient (Wildman–Crippen LogP) is 1.82. The van der Waals surface area contributed by atoms with Gasteiger partial charge in [0.2, 0.25) is 10.0 Å². The second-order valence-electron chi connectivity index (χ2n) is 4.56. The summed E-state index contributed by atoms with van der Waals surface area (Å²) in [6, 6.07) is 7.30. The van der Waals surface area contributed by atoms with Crippen LogP contribution in [0.25, 0.3) is 0 Å². The Morgan fingerprint density at radius 1 is 1.33 bits per heavy atom. The fourth-order valence-electron chi connectivity index (χ4n) is 1.75. The Labute approximate surface area is 117 Å². The lowest BCUT2D eigenvalue weighted by Gasteiger charge is -2.15. The molecule has 6 heteroatoms. The highest BCUT2D eigenvalue weighted by molar-refractivity contribution is 9.10. The topological polar surface area (TPSA) is 49.4 Å². The smallest absolute Gasteiger partial charge is 0.240 e. The van der Waals surface area contributed by atoms with Gasteiger partial charge in [0.05, 0.1) is 4.90 Å². The SMILES string of the molecule is CN(CCNS(=O)(=O)c1ccc(Br)cc1)C1CC1. The normalized spacial score (nSPS) is 16.2. The predicted molar refractivity (Wildman–Crippen MR) is 75.0 cm³/mol. The van der Waals surface area contributed by atoms with Crippen molar-refractivity contribution in [2.75, 3.05) is 20.1 Å². The van der Waals surface area contributed by atoms with Crippen LogP contribution in [-0.4, -0.2) is 39.5 Å². The Balaban J connectivity index is 1.88. The van der Waals surface area contributed by atoms with E-state index in [1.807, 2.05) is 7.05 Å². The second-order valence-corrected chi connectivity index (χ2v) is 7.25. The molecule has 0 bridgehead atoms. The number of halogens is 1. The first-order chi connectivity index (χ1) is 8.49. The van der Waals surface area contributed by atoms with Gasteiger partial charge >= 0.3 is 0 Å². The van der Waals surface area contributed by atoms with Gasteiger partial charge in [-0.15, -0.1) is 0 Å². The zero-order chi connectivity index (χ0) is 13.2. The summed E-state index contributed by atoms with van der Waals surface area (Å²) in [5.41, 5.74) is 0. The number of hydrogen-bond acceptors (Lipinski definition) is 3. The monoisotopic (exact) mass is 332 g/mol. The summed E-state index contributed by atoms with van der Waals surface area (Å²) in [5, 5.41) is 0. The Bertz CT molecular complexity index is 497. The minimum absolute atomic E-state index is 0.305. The van der Waals surface area contributed by atoms with Crippen LogP contribution in [0.1, 0.15) is 12.8 Å². The maximum absolute atomic E-state index is 12.0. The van der Waals surface area contributed by atoms with Gasteiger partial charge in [-0.25, -0.2) is 13.1 Å². The quantitative estimate of drug-likeness (QED) is 0.864. The van der Waals surface area contributed by atoms with Gasteiger partial charge in [0, 0.05) is 23.6 Å². The standard InChI is InChI=1S/C12H17BrN2O2S/c1-15(11-4-5-11)9-8-14-18(16,17)12-6-2-10(13)3-7-12/h2-3,6-7,11,14H,4-5,8-9H2,1H3. The highest BCUT2D eigenvalue weighted by atomic mass is 79.9. The van der Waals surface area contributed by atoms with Gasteiger partial charge in [0.15, 0.2) is 0 Å². The average Bonchev–Trinajstić information content (AvgIpc) is 3.13. The summed E-state index contributed by atoms with van der Waals surface area (Å²) in [4.78, 5) is 2.50. The van der Waals surface area contributed by atoms with Gasteiger partial charge in [-0.1, -0.05) is 15.9 Å². The van der Waals surface area contributed by atoms with E-state index in [0.29, 0.717) is 17.5 Å². The van der Waals surface area contributed by atoms with E-state index in [9.17, 15) is 8.42 Å². The number of hydrogen-bond donors (Lipinski definition) is 1. The molecule has 2 rings (SSSR count). The van der Waals surface area contributed by atoms with Crippen LogP contribution in [0.4, 0.5) is 0 Å². The van der Waals surface area contributed by atoms with Crippen molar-refractivity contribution in [3.05, 3.63) is 28.7 Å². The highest BCUT2D eigenvalue weighted by Crippen LogP contribution is 2.24. The number of benzene rings is 1. The van der Waals surface area contributed by atoms with Crippen molar-refractivity contribution in [1.82, 2.24) is 9.62 Å². The van der Waals surface area contributed by atoms with Crippen LogP contribution in [0.2, 0.25) is 0 Å².